The fourth-order valence-corrected chi connectivity index (χ4v) is 3.40. The summed E-state index contributed by atoms with van der Waals surface area (Å²) in [5.74, 6) is 0. The van der Waals surface area contributed by atoms with E-state index in [1.807, 2.05) is 42.6 Å². The largest absolute Gasteiger partial charge is 0.298 e. The Balaban J connectivity index is 0.000000882. The van der Waals surface area contributed by atoms with Crippen molar-refractivity contribution in [1.82, 2.24) is 9.38 Å². The quantitative estimate of drug-likeness (QED) is 0.483. The number of rotatable bonds is 2. The molecular weight excluding hydrogens is 339 g/mol. The van der Waals surface area contributed by atoms with Gasteiger partial charge in [-0.3, -0.25) is 9.20 Å². The molecule has 0 saturated carbocycles. The van der Waals surface area contributed by atoms with Crippen LogP contribution in [0.2, 0.25) is 0 Å². The summed E-state index contributed by atoms with van der Waals surface area (Å²) in [6.45, 7) is 0. The van der Waals surface area contributed by atoms with E-state index in [1.54, 1.807) is 11.3 Å². The van der Waals surface area contributed by atoms with Gasteiger partial charge in [0.05, 0.1) is 15.9 Å². The van der Waals surface area contributed by atoms with Gasteiger partial charge in [0.1, 0.15) is 6.29 Å². The number of imidazole rings is 1. The van der Waals surface area contributed by atoms with Crippen LogP contribution in [-0.2, 0) is 0 Å². The van der Waals surface area contributed by atoms with Crippen LogP contribution in [0.4, 0.5) is 0 Å². The van der Waals surface area contributed by atoms with Crippen molar-refractivity contribution in [2.45, 2.75) is 0 Å². The number of hydrogen-bond donors (Lipinski definition) is 0. The number of carbonyl (C=O) groups is 1. The lowest BCUT2D eigenvalue weighted by atomic mass is 10.2. The molecule has 0 spiro atoms. The predicted octanol–water partition coefficient (Wildman–Crippen LogP) is 4.87. The summed E-state index contributed by atoms with van der Waals surface area (Å²) >= 11 is 1.60. The lowest BCUT2D eigenvalue weighted by molar-refractivity contribution is 0.112. The molecule has 0 aliphatic rings. The van der Waals surface area contributed by atoms with Crippen LogP contribution >= 0.6 is 36.2 Å². The van der Waals surface area contributed by atoms with Crippen LogP contribution < -0.4 is 0 Å². The van der Waals surface area contributed by atoms with E-state index < -0.39 is 0 Å². The van der Waals surface area contributed by atoms with Crippen molar-refractivity contribution in [2.24, 2.45) is 0 Å². The van der Waals surface area contributed by atoms with E-state index in [9.17, 15) is 4.79 Å². The van der Waals surface area contributed by atoms with Crippen molar-refractivity contribution in [3.63, 3.8) is 0 Å². The molecule has 112 valence electrons. The van der Waals surface area contributed by atoms with Gasteiger partial charge in [0.25, 0.3) is 0 Å². The van der Waals surface area contributed by atoms with Crippen LogP contribution in [0.15, 0.2) is 54.7 Å². The molecule has 0 saturated heterocycles. The Morgan fingerprint density at radius 1 is 1.05 bits per heavy atom. The zero-order valence-corrected chi connectivity index (χ0v) is 13.8. The fourth-order valence-electron chi connectivity index (χ4n) is 2.34. The van der Waals surface area contributed by atoms with Crippen LogP contribution in [0.3, 0.4) is 0 Å². The maximum Gasteiger partial charge on any atom is 0.195 e. The van der Waals surface area contributed by atoms with Gasteiger partial charge in [0, 0.05) is 17.3 Å². The predicted molar refractivity (Wildman–Crippen MR) is 95.9 cm³/mol. The lowest BCUT2D eigenvalue weighted by Crippen LogP contribution is -1.80. The molecule has 0 aliphatic carbocycles. The first kappa shape index (κ1) is 16.5. The molecule has 0 bridgehead atoms. The molecule has 0 unspecified atom stereocenters. The molecule has 2 heterocycles. The molecule has 2 aromatic heterocycles. The van der Waals surface area contributed by atoms with Crippen molar-refractivity contribution in [2.75, 3.05) is 0 Å². The van der Waals surface area contributed by atoms with Crippen LogP contribution in [0.5, 0.6) is 0 Å². The summed E-state index contributed by atoms with van der Waals surface area (Å²) in [7, 11) is 0. The Morgan fingerprint density at radius 2 is 1.82 bits per heavy atom. The molecule has 22 heavy (non-hydrogen) atoms. The summed E-state index contributed by atoms with van der Waals surface area (Å²) in [6.07, 6.45) is 2.92. The van der Waals surface area contributed by atoms with Crippen LogP contribution in [0.1, 0.15) is 10.4 Å². The summed E-state index contributed by atoms with van der Waals surface area (Å²) < 4.78 is 3.16. The minimum absolute atomic E-state index is 0. The van der Waals surface area contributed by atoms with Gasteiger partial charge >= 0.3 is 0 Å². The number of thiazole rings is 1. The van der Waals surface area contributed by atoms with E-state index in [0.29, 0.717) is 5.56 Å². The minimum atomic E-state index is 0. The normalized spacial score (nSPS) is 10.2. The van der Waals surface area contributed by atoms with Crippen molar-refractivity contribution in [1.29, 1.82) is 0 Å². The SMILES string of the molecule is Cl.Cl.O=Cc1ccc2c(c1)sc1nc(-c3ccccc3)cn12. The fraction of sp³-hybridized carbons (Fsp3) is 0. The summed E-state index contributed by atoms with van der Waals surface area (Å²) in [6, 6.07) is 15.8. The molecule has 4 aromatic rings. The number of aromatic nitrogens is 2. The number of benzene rings is 2. The zero-order valence-electron chi connectivity index (χ0n) is 11.3. The average Bonchev–Trinajstić information content (AvgIpc) is 3.05. The second kappa shape index (κ2) is 6.48. The monoisotopic (exact) mass is 350 g/mol. The Hall–Kier alpha value is -1.88. The Bertz CT molecular complexity index is 931. The Morgan fingerprint density at radius 3 is 2.55 bits per heavy atom. The first-order chi connectivity index (χ1) is 9.85. The molecule has 6 heteroatoms. The van der Waals surface area contributed by atoms with Gasteiger partial charge in [0.15, 0.2) is 4.96 Å². The van der Waals surface area contributed by atoms with Gasteiger partial charge < -0.3 is 0 Å². The smallest absolute Gasteiger partial charge is 0.195 e. The molecule has 0 fully saturated rings. The third-order valence-electron chi connectivity index (χ3n) is 3.32. The van der Waals surface area contributed by atoms with Gasteiger partial charge in [-0.15, -0.1) is 24.8 Å². The van der Waals surface area contributed by atoms with Gasteiger partial charge in [-0.1, -0.05) is 41.7 Å². The highest BCUT2D eigenvalue weighted by Gasteiger charge is 2.10. The average molecular weight is 351 g/mol. The van der Waals surface area contributed by atoms with Crippen molar-refractivity contribution < 1.29 is 4.79 Å². The number of fused-ring (bicyclic) bond motifs is 3. The number of hydrogen-bond acceptors (Lipinski definition) is 3. The first-order valence-electron chi connectivity index (χ1n) is 6.27. The molecule has 0 radical (unpaired) electrons. The lowest BCUT2D eigenvalue weighted by Gasteiger charge is -1.94. The third kappa shape index (κ3) is 2.61. The van der Waals surface area contributed by atoms with Crippen LogP contribution in [-0.4, -0.2) is 15.7 Å². The highest BCUT2D eigenvalue weighted by molar-refractivity contribution is 7.23. The molecule has 2 aromatic carbocycles. The molecule has 0 atom stereocenters. The van der Waals surface area contributed by atoms with E-state index in [-0.39, 0.29) is 24.8 Å². The third-order valence-corrected chi connectivity index (χ3v) is 4.34. The summed E-state index contributed by atoms with van der Waals surface area (Å²) in [5, 5.41) is 0. The highest BCUT2D eigenvalue weighted by atomic mass is 35.5. The maximum atomic E-state index is 10.8. The molecule has 0 N–H and O–H groups in total. The second-order valence-electron chi connectivity index (χ2n) is 4.59. The number of halogens is 2. The van der Waals surface area contributed by atoms with E-state index in [0.717, 1.165) is 32.7 Å². The molecule has 0 amide bonds. The van der Waals surface area contributed by atoms with E-state index in [4.69, 9.17) is 0 Å². The van der Waals surface area contributed by atoms with Gasteiger partial charge in [-0.25, -0.2) is 4.98 Å². The molecule has 3 nitrogen and oxygen atoms in total. The topological polar surface area (TPSA) is 34.4 Å². The molecule has 0 aliphatic heterocycles. The standard InChI is InChI=1S/C16H10N2OS.2ClH/c19-10-11-6-7-14-15(8-11)20-16-17-13(9-18(14)16)12-4-2-1-3-5-12;;/h1-10H;2*1H. The number of aldehydes is 1. The number of carbonyl (C=O) groups excluding carboxylic acids is 1. The van der Waals surface area contributed by atoms with Gasteiger partial charge in [-0.05, 0) is 18.2 Å². The highest BCUT2D eigenvalue weighted by Crippen LogP contribution is 2.29. The van der Waals surface area contributed by atoms with Crippen molar-refractivity contribution >= 4 is 57.6 Å². The van der Waals surface area contributed by atoms with E-state index in [2.05, 4.69) is 21.5 Å². The van der Waals surface area contributed by atoms with E-state index >= 15 is 0 Å². The minimum Gasteiger partial charge on any atom is -0.298 e. The van der Waals surface area contributed by atoms with Crippen molar-refractivity contribution in [3.05, 3.63) is 60.3 Å². The van der Waals surface area contributed by atoms with Gasteiger partial charge in [0.2, 0.25) is 0 Å². The summed E-state index contributed by atoms with van der Waals surface area (Å²) in [5.41, 5.74) is 3.87. The Labute approximate surface area is 143 Å². The first-order valence-corrected chi connectivity index (χ1v) is 7.09. The Kier molecular flexibility index (Phi) is 4.86. The van der Waals surface area contributed by atoms with Crippen molar-refractivity contribution in [3.8, 4) is 11.3 Å². The second-order valence-corrected chi connectivity index (χ2v) is 5.60. The van der Waals surface area contributed by atoms with Gasteiger partial charge in [-0.2, -0.15) is 0 Å². The number of nitrogens with zero attached hydrogens (tertiary/aromatic N) is 2. The van der Waals surface area contributed by atoms with Crippen LogP contribution in [0.25, 0.3) is 26.4 Å². The molecule has 4 rings (SSSR count). The molecular formula is C16H12Cl2N2OS. The van der Waals surface area contributed by atoms with Crippen LogP contribution in [0, 0.1) is 0 Å². The summed E-state index contributed by atoms with van der Waals surface area (Å²) in [4.78, 5) is 16.4. The maximum absolute atomic E-state index is 10.8. The van der Waals surface area contributed by atoms with E-state index in [1.165, 1.54) is 0 Å². The zero-order chi connectivity index (χ0) is 13.5.